The second-order valence-corrected chi connectivity index (χ2v) is 5.24. The van der Waals surface area contributed by atoms with Crippen molar-refractivity contribution in [3.63, 3.8) is 0 Å². The molecule has 0 saturated heterocycles. The van der Waals surface area contributed by atoms with Crippen LogP contribution in [0.5, 0.6) is 0 Å². The third kappa shape index (κ3) is 3.82. The van der Waals surface area contributed by atoms with E-state index in [1.165, 1.54) is 12.1 Å². The molecule has 2 amide bonds. The van der Waals surface area contributed by atoms with Gasteiger partial charge in [0.15, 0.2) is 0 Å². The molecule has 0 bridgehead atoms. The molecule has 0 aliphatic heterocycles. The van der Waals surface area contributed by atoms with Crippen molar-refractivity contribution in [2.45, 2.75) is 13.5 Å². The van der Waals surface area contributed by atoms with Gasteiger partial charge in [0.2, 0.25) is 0 Å². The fourth-order valence-corrected chi connectivity index (χ4v) is 2.06. The van der Waals surface area contributed by atoms with E-state index in [1.54, 1.807) is 12.3 Å². The molecule has 7 nitrogen and oxygen atoms in total. The number of aromatic amines is 1. The van der Waals surface area contributed by atoms with Gasteiger partial charge in [0.05, 0.1) is 17.4 Å². The minimum absolute atomic E-state index is 0.0130. The molecule has 110 valence electrons. The summed E-state index contributed by atoms with van der Waals surface area (Å²) in [7, 11) is 0. The molecule has 1 aromatic carbocycles. The lowest BCUT2D eigenvalue weighted by Gasteiger charge is -2.10. The molecule has 0 saturated carbocycles. The Morgan fingerprint density at radius 3 is 2.81 bits per heavy atom. The highest BCUT2D eigenvalue weighted by molar-refractivity contribution is 9.10. The van der Waals surface area contributed by atoms with Gasteiger partial charge in [0.25, 0.3) is 0 Å². The number of aromatic carboxylic acids is 1. The number of urea groups is 1. The summed E-state index contributed by atoms with van der Waals surface area (Å²) in [6, 6.07) is 4.12. The second kappa shape index (κ2) is 6.40. The number of H-pyrrole nitrogens is 1. The quantitative estimate of drug-likeness (QED) is 0.677. The second-order valence-electron chi connectivity index (χ2n) is 4.32. The average molecular weight is 353 g/mol. The van der Waals surface area contributed by atoms with Gasteiger partial charge in [-0.15, -0.1) is 0 Å². The van der Waals surface area contributed by atoms with E-state index in [0.717, 1.165) is 11.3 Å². The average Bonchev–Trinajstić information content (AvgIpc) is 2.84. The molecule has 0 spiro atoms. The summed E-state index contributed by atoms with van der Waals surface area (Å²) in [5, 5.41) is 20.9. The number of carboxylic acid groups (broad SMARTS) is 1. The zero-order valence-corrected chi connectivity index (χ0v) is 12.7. The largest absolute Gasteiger partial charge is 0.478 e. The number of anilines is 1. The molecule has 2 aromatic rings. The molecular formula is C13H13BrN4O3. The molecule has 21 heavy (non-hydrogen) atoms. The Morgan fingerprint density at radius 2 is 2.19 bits per heavy atom. The molecule has 1 aromatic heterocycles. The molecule has 0 aliphatic rings. The van der Waals surface area contributed by atoms with Crippen LogP contribution in [0.4, 0.5) is 10.5 Å². The number of rotatable bonds is 4. The lowest BCUT2D eigenvalue weighted by Crippen LogP contribution is -2.29. The Hall–Kier alpha value is -2.35. The molecule has 0 radical (unpaired) electrons. The van der Waals surface area contributed by atoms with Gasteiger partial charge in [-0.05, 0) is 25.1 Å². The van der Waals surface area contributed by atoms with Crippen molar-refractivity contribution in [2.75, 3.05) is 5.32 Å². The number of hydrogen-bond acceptors (Lipinski definition) is 3. The molecule has 0 aliphatic carbocycles. The van der Waals surface area contributed by atoms with Crippen LogP contribution in [0.15, 0.2) is 28.9 Å². The van der Waals surface area contributed by atoms with Gasteiger partial charge in [-0.25, -0.2) is 9.59 Å². The summed E-state index contributed by atoms with van der Waals surface area (Å²) in [5.41, 5.74) is 1.97. The van der Waals surface area contributed by atoms with E-state index in [-0.39, 0.29) is 11.3 Å². The summed E-state index contributed by atoms with van der Waals surface area (Å²) in [6.07, 6.45) is 1.62. The predicted octanol–water partition coefficient (Wildman–Crippen LogP) is 2.50. The van der Waals surface area contributed by atoms with Crippen LogP contribution in [-0.2, 0) is 6.54 Å². The molecule has 0 atom stereocenters. The Kier molecular flexibility index (Phi) is 4.59. The summed E-state index contributed by atoms with van der Waals surface area (Å²) < 4.78 is 0.625. The number of nitrogens with zero attached hydrogens (tertiary/aromatic N) is 1. The number of amides is 2. The van der Waals surface area contributed by atoms with Crippen molar-refractivity contribution in [1.29, 1.82) is 0 Å². The molecule has 8 heteroatoms. The fourth-order valence-electron chi connectivity index (χ4n) is 1.70. The number of carboxylic acids is 1. The molecule has 1 heterocycles. The van der Waals surface area contributed by atoms with Crippen molar-refractivity contribution in [3.05, 3.63) is 45.7 Å². The van der Waals surface area contributed by atoms with E-state index in [0.29, 0.717) is 11.0 Å². The number of nitrogens with one attached hydrogen (secondary N) is 3. The van der Waals surface area contributed by atoms with Gasteiger partial charge in [-0.3, -0.25) is 5.10 Å². The number of hydrogen-bond donors (Lipinski definition) is 4. The Labute approximate surface area is 128 Å². The van der Waals surface area contributed by atoms with Crippen molar-refractivity contribution in [1.82, 2.24) is 15.5 Å². The highest BCUT2D eigenvalue weighted by atomic mass is 79.9. The van der Waals surface area contributed by atoms with E-state index in [9.17, 15) is 9.59 Å². The molecule has 0 unspecified atom stereocenters. The van der Waals surface area contributed by atoms with Crippen LogP contribution in [0.1, 0.15) is 21.6 Å². The van der Waals surface area contributed by atoms with E-state index in [2.05, 4.69) is 36.8 Å². The number of carbonyl (C=O) groups is 2. The van der Waals surface area contributed by atoms with Gasteiger partial charge in [0, 0.05) is 22.3 Å². The zero-order valence-electron chi connectivity index (χ0n) is 11.1. The summed E-state index contributed by atoms with van der Waals surface area (Å²) in [6.45, 7) is 2.15. The van der Waals surface area contributed by atoms with Crippen LogP contribution in [0.2, 0.25) is 0 Å². The van der Waals surface area contributed by atoms with Crippen molar-refractivity contribution in [2.24, 2.45) is 0 Å². The van der Waals surface area contributed by atoms with E-state index < -0.39 is 12.0 Å². The van der Waals surface area contributed by atoms with E-state index in [4.69, 9.17) is 5.11 Å². The monoisotopic (exact) mass is 352 g/mol. The first-order chi connectivity index (χ1) is 9.97. The first-order valence-electron chi connectivity index (χ1n) is 6.04. The first kappa shape index (κ1) is 15.0. The van der Waals surface area contributed by atoms with E-state index in [1.807, 2.05) is 6.92 Å². The Bertz CT molecular complexity index is 684. The highest BCUT2D eigenvalue weighted by Crippen LogP contribution is 2.21. The summed E-state index contributed by atoms with van der Waals surface area (Å²) in [4.78, 5) is 23.0. The topological polar surface area (TPSA) is 107 Å². The van der Waals surface area contributed by atoms with Gasteiger partial charge in [-0.1, -0.05) is 15.9 Å². The van der Waals surface area contributed by atoms with Crippen LogP contribution >= 0.6 is 15.9 Å². The van der Waals surface area contributed by atoms with E-state index >= 15 is 0 Å². The standard InChI is InChI=1S/C13H13BrN4O3/c1-7-8(6-16-18-7)5-15-13(21)17-11-3-2-9(14)4-10(11)12(19)20/h2-4,6H,5H2,1H3,(H,16,18)(H,19,20)(H2,15,17,21). The maximum absolute atomic E-state index is 11.8. The van der Waals surface area contributed by atoms with Crippen molar-refractivity contribution >= 4 is 33.6 Å². The molecule has 2 rings (SSSR count). The highest BCUT2D eigenvalue weighted by Gasteiger charge is 2.13. The van der Waals surface area contributed by atoms with Crippen LogP contribution < -0.4 is 10.6 Å². The Morgan fingerprint density at radius 1 is 1.43 bits per heavy atom. The molecule has 0 fully saturated rings. The van der Waals surface area contributed by atoms with Crippen LogP contribution in [-0.4, -0.2) is 27.3 Å². The third-order valence-corrected chi connectivity index (χ3v) is 3.33. The Balaban J connectivity index is 2.03. The number of carbonyl (C=O) groups excluding carboxylic acids is 1. The van der Waals surface area contributed by atoms with Crippen LogP contribution in [0, 0.1) is 6.92 Å². The van der Waals surface area contributed by atoms with Gasteiger partial charge in [0.1, 0.15) is 0 Å². The minimum atomic E-state index is -1.11. The first-order valence-corrected chi connectivity index (χ1v) is 6.83. The number of aryl methyl sites for hydroxylation is 1. The smallest absolute Gasteiger partial charge is 0.337 e. The third-order valence-electron chi connectivity index (χ3n) is 2.83. The fraction of sp³-hybridized carbons (Fsp3) is 0.154. The minimum Gasteiger partial charge on any atom is -0.478 e. The number of benzene rings is 1. The normalized spacial score (nSPS) is 10.2. The summed E-state index contributed by atoms with van der Waals surface area (Å²) >= 11 is 3.19. The van der Waals surface area contributed by atoms with Crippen molar-refractivity contribution < 1.29 is 14.7 Å². The lowest BCUT2D eigenvalue weighted by atomic mass is 10.2. The van der Waals surface area contributed by atoms with Gasteiger partial charge in [-0.2, -0.15) is 5.10 Å². The maximum Gasteiger partial charge on any atom is 0.337 e. The summed E-state index contributed by atoms with van der Waals surface area (Å²) in [5.74, 6) is -1.11. The van der Waals surface area contributed by atoms with Crippen LogP contribution in [0.25, 0.3) is 0 Å². The van der Waals surface area contributed by atoms with Crippen molar-refractivity contribution in [3.8, 4) is 0 Å². The SMILES string of the molecule is Cc1[nH]ncc1CNC(=O)Nc1ccc(Br)cc1C(=O)O. The maximum atomic E-state index is 11.8. The van der Waals surface area contributed by atoms with Gasteiger partial charge >= 0.3 is 12.0 Å². The molecular weight excluding hydrogens is 340 g/mol. The van der Waals surface area contributed by atoms with Gasteiger partial charge < -0.3 is 15.7 Å². The lowest BCUT2D eigenvalue weighted by molar-refractivity contribution is 0.0698. The van der Waals surface area contributed by atoms with Crippen LogP contribution in [0.3, 0.4) is 0 Å². The number of aromatic nitrogens is 2. The predicted molar refractivity (Wildman–Crippen MR) is 80.3 cm³/mol. The molecule has 4 N–H and O–H groups in total. The number of halogens is 1. The zero-order chi connectivity index (χ0) is 15.4.